The molecule has 0 aliphatic carbocycles. The van der Waals surface area contributed by atoms with Crippen LogP contribution in [0, 0.1) is 0 Å². The fraction of sp³-hybridized carbons (Fsp3) is 0.727. The molecule has 0 aromatic carbocycles. The average molecular weight is 505 g/mol. The minimum Gasteiger partial charge on any atom is -0.460 e. The molecule has 0 radical (unpaired) electrons. The molecule has 9 atom stereocenters. The second-order valence-electron chi connectivity index (χ2n) is 8.52. The van der Waals surface area contributed by atoms with Gasteiger partial charge in [0.2, 0.25) is 0 Å². The van der Waals surface area contributed by atoms with Crippen LogP contribution >= 0.6 is 0 Å². The van der Waals surface area contributed by atoms with Gasteiger partial charge in [-0.15, -0.1) is 6.58 Å². The van der Waals surface area contributed by atoms with E-state index in [9.17, 15) is 35.1 Å². The predicted octanol–water partition coefficient (Wildman–Crippen LogP) is -2.32. The van der Waals surface area contributed by atoms with Gasteiger partial charge in [0.1, 0.15) is 54.9 Å². The molecule has 0 aromatic rings. The number of esters is 1. The number of urea groups is 1. The Morgan fingerprint density at radius 2 is 1.77 bits per heavy atom. The summed E-state index contributed by atoms with van der Waals surface area (Å²) in [5.41, 5.74) is -1.17. The van der Waals surface area contributed by atoms with Crippen LogP contribution in [-0.4, -0.2) is 118 Å². The van der Waals surface area contributed by atoms with Gasteiger partial charge in [-0.3, -0.25) is 0 Å². The van der Waals surface area contributed by atoms with Gasteiger partial charge in [-0.05, 0) is 13.3 Å². The molecular formula is C22H36N2O11. The number of aliphatic hydroxyl groups is 5. The Bertz CT molecular complexity index is 766. The van der Waals surface area contributed by atoms with Crippen LogP contribution in [0.1, 0.15) is 20.3 Å². The number of nitrogens with one attached hydrogen (secondary N) is 2. The van der Waals surface area contributed by atoms with E-state index in [4.69, 9.17) is 18.9 Å². The lowest BCUT2D eigenvalue weighted by Crippen LogP contribution is -2.65. The summed E-state index contributed by atoms with van der Waals surface area (Å²) in [6.45, 7) is 9.78. The molecule has 2 rings (SSSR count). The first-order valence-electron chi connectivity index (χ1n) is 11.3. The van der Waals surface area contributed by atoms with E-state index in [1.807, 2.05) is 0 Å². The summed E-state index contributed by atoms with van der Waals surface area (Å²) < 4.78 is 21.9. The second kappa shape index (κ2) is 12.7. The van der Waals surface area contributed by atoms with Gasteiger partial charge in [0.25, 0.3) is 0 Å². The van der Waals surface area contributed by atoms with E-state index in [0.717, 1.165) is 0 Å². The van der Waals surface area contributed by atoms with Gasteiger partial charge in [0, 0.05) is 5.57 Å². The van der Waals surface area contributed by atoms with Gasteiger partial charge < -0.3 is 55.1 Å². The molecule has 2 fully saturated rings. The molecule has 13 heteroatoms. The summed E-state index contributed by atoms with van der Waals surface area (Å²) in [5, 5.41) is 56.1. The van der Waals surface area contributed by atoms with Crippen molar-refractivity contribution in [1.82, 2.24) is 10.6 Å². The maximum atomic E-state index is 12.1. The van der Waals surface area contributed by atoms with Crippen LogP contribution in [0.2, 0.25) is 0 Å². The van der Waals surface area contributed by atoms with Crippen LogP contribution in [0.25, 0.3) is 0 Å². The molecule has 0 aromatic heterocycles. The Labute approximate surface area is 203 Å². The molecule has 2 amide bonds. The molecule has 0 bridgehead atoms. The number of hydrogen-bond donors (Lipinski definition) is 7. The van der Waals surface area contributed by atoms with Crippen LogP contribution in [-0.2, 0) is 23.7 Å². The summed E-state index contributed by atoms with van der Waals surface area (Å²) in [4.78, 5) is 23.4. The van der Waals surface area contributed by atoms with Crippen molar-refractivity contribution in [2.24, 2.45) is 0 Å². The lowest BCUT2D eigenvalue weighted by Gasteiger charge is -2.48. The van der Waals surface area contributed by atoms with E-state index in [1.54, 1.807) is 6.92 Å². The number of hydrogen-bond acceptors (Lipinski definition) is 11. The lowest BCUT2D eigenvalue weighted by atomic mass is 9.84. The molecule has 2 aliphatic rings. The predicted molar refractivity (Wildman–Crippen MR) is 120 cm³/mol. The third-order valence-corrected chi connectivity index (χ3v) is 5.98. The Morgan fingerprint density at radius 3 is 2.37 bits per heavy atom. The third kappa shape index (κ3) is 6.98. The second-order valence-corrected chi connectivity index (χ2v) is 8.52. The quantitative estimate of drug-likeness (QED) is 0.0730. The molecule has 200 valence electrons. The number of aliphatic hydroxyl groups excluding tert-OH is 5. The summed E-state index contributed by atoms with van der Waals surface area (Å²) in [7, 11) is 0. The minimum absolute atomic E-state index is 0.00935. The maximum Gasteiger partial charge on any atom is 0.333 e. The van der Waals surface area contributed by atoms with E-state index < -0.39 is 66.6 Å². The van der Waals surface area contributed by atoms with Crippen LogP contribution < -0.4 is 10.6 Å². The first-order valence-corrected chi connectivity index (χ1v) is 11.3. The van der Waals surface area contributed by atoms with Crippen molar-refractivity contribution in [2.75, 3.05) is 26.4 Å². The first-order chi connectivity index (χ1) is 16.5. The highest BCUT2D eigenvalue weighted by Crippen LogP contribution is 2.34. The van der Waals surface area contributed by atoms with Crippen molar-refractivity contribution in [3.05, 3.63) is 24.8 Å². The molecule has 2 heterocycles. The fourth-order valence-electron chi connectivity index (χ4n) is 3.82. The Morgan fingerprint density at radius 1 is 1.09 bits per heavy atom. The number of ether oxygens (including phenoxy) is 4. The van der Waals surface area contributed by atoms with E-state index in [0.29, 0.717) is 0 Å². The molecule has 9 unspecified atom stereocenters. The van der Waals surface area contributed by atoms with Crippen molar-refractivity contribution in [3.63, 3.8) is 0 Å². The van der Waals surface area contributed by atoms with Crippen LogP contribution in [0.5, 0.6) is 0 Å². The first kappa shape index (κ1) is 29.1. The van der Waals surface area contributed by atoms with Gasteiger partial charge >= 0.3 is 12.0 Å². The molecule has 0 spiro atoms. The minimum atomic E-state index is -1.58. The van der Waals surface area contributed by atoms with Gasteiger partial charge in [0.15, 0.2) is 6.23 Å². The van der Waals surface area contributed by atoms with Crippen molar-refractivity contribution in [3.8, 4) is 0 Å². The monoisotopic (exact) mass is 504 g/mol. The zero-order valence-corrected chi connectivity index (χ0v) is 19.8. The summed E-state index contributed by atoms with van der Waals surface area (Å²) in [6.07, 6.45) is -9.26. The summed E-state index contributed by atoms with van der Waals surface area (Å²) >= 11 is 0. The van der Waals surface area contributed by atoms with Crippen LogP contribution in [0.3, 0.4) is 0 Å². The number of amides is 2. The standard InChI is InChI=1S/C22H36N2O11/c1-5-22(6-2,18-16(28)14(26)12(25)9-33-18)35-13-10-34-19(17(29)15(13)27)24-21(31)23-7-8-32-20(30)11(3)4/h5,12-19,25-29H,1,3,6-10H2,2,4H3,(H2,23,24,31). The highest BCUT2D eigenvalue weighted by Gasteiger charge is 2.51. The lowest BCUT2D eigenvalue weighted by molar-refractivity contribution is -0.276. The largest absolute Gasteiger partial charge is 0.460 e. The zero-order chi connectivity index (χ0) is 26.3. The smallest absolute Gasteiger partial charge is 0.333 e. The van der Waals surface area contributed by atoms with Gasteiger partial charge in [-0.1, -0.05) is 19.6 Å². The molecule has 2 aliphatic heterocycles. The number of carbonyl (C=O) groups is 2. The molecule has 2 saturated heterocycles. The number of carbonyl (C=O) groups excluding carboxylic acids is 2. The van der Waals surface area contributed by atoms with Crippen molar-refractivity contribution in [2.45, 2.75) is 74.8 Å². The topological polar surface area (TPSA) is 196 Å². The van der Waals surface area contributed by atoms with Crippen LogP contribution in [0.15, 0.2) is 24.8 Å². The maximum absolute atomic E-state index is 12.1. The molecule has 13 nitrogen and oxygen atoms in total. The highest BCUT2D eigenvalue weighted by atomic mass is 16.6. The Balaban J connectivity index is 1.94. The number of rotatable bonds is 10. The van der Waals surface area contributed by atoms with E-state index in [-0.39, 0.29) is 38.4 Å². The van der Waals surface area contributed by atoms with E-state index in [1.165, 1.54) is 13.0 Å². The Kier molecular flexibility index (Phi) is 10.6. The summed E-state index contributed by atoms with van der Waals surface area (Å²) in [5.74, 6) is -0.591. The van der Waals surface area contributed by atoms with Crippen molar-refractivity contribution >= 4 is 12.0 Å². The molecule has 7 N–H and O–H groups in total. The molecule has 35 heavy (non-hydrogen) atoms. The van der Waals surface area contributed by atoms with E-state index in [2.05, 4.69) is 23.8 Å². The van der Waals surface area contributed by atoms with Gasteiger partial charge in [0.05, 0.1) is 19.8 Å². The van der Waals surface area contributed by atoms with Crippen LogP contribution in [0.4, 0.5) is 4.79 Å². The molecular weight excluding hydrogens is 468 g/mol. The third-order valence-electron chi connectivity index (χ3n) is 5.98. The Hall–Kier alpha value is -2.10. The molecule has 0 saturated carbocycles. The fourth-order valence-corrected chi connectivity index (χ4v) is 3.82. The van der Waals surface area contributed by atoms with Crippen molar-refractivity contribution < 1.29 is 54.1 Å². The van der Waals surface area contributed by atoms with Gasteiger partial charge in [-0.25, -0.2) is 9.59 Å². The SMILES string of the molecule is C=CC(CC)(OC1COC(NC(=O)NCCOC(=O)C(=C)C)C(O)C1O)C1OCC(O)C(O)C1O. The van der Waals surface area contributed by atoms with E-state index >= 15 is 0 Å². The zero-order valence-electron chi connectivity index (χ0n) is 19.8. The summed E-state index contributed by atoms with van der Waals surface area (Å²) in [6, 6.07) is -0.729. The highest BCUT2D eigenvalue weighted by molar-refractivity contribution is 5.86. The van der Waals surface area contributed by atoms with Gasteiger partial charge in [-0.2, -0.15) is 0 Å². The van der Waals surface area contributed by atoms with Crippen molar-refractivity contribution in [1.29, 1.82) is 0 Å². The average Bonchev–Trinajstić information content (AvgIpc) is 2.83. The normalized spacial score (nSPS) is 34.8.